The van der Waals surface area contributed by atoms with Crippen molar-refractivity contribution in [2.45, 2.75) is 58.4 Å². The van der Waals surface area contributed by atoms with Crippen LogP contribution in [0, 0.1) is 5.41 Å². The lowest BCUT2D eigenvalue weighted by Gasteiger charge is -2.34. The quantitative estimate of drug-likeness (QED) is 0.843. The summed E-state index contributed by atoms with van der Waals surface area (Å²) in [5.74, 6) is -0.179. The molecule has 1 N–H and O–H groups in total. The number of hydrogen-bond donors (Lipinski definition) is 1. The Labute approximate surface area is 124 Å². The Kier molecular flexibility index (Phi) is 5.02. The van der Waals surface area contributed by atoms with E-state index in [1.54, 1.807) is 11.3 Å². The molecule has 0 aromatic carbocycles. The van der Waals surface area contributed by atoms with Crippen LogP contribution in [-0.2, 0) is 16.0 Å². The lowest BCUT2D eigenvalue weighted by molar-refractivity contribution is -0.140. The van der Waals surface area contributed by atoms with E-state index >= 15 is 0 Å². The van der Waals surface area contributed by atoms with Gasteiger partial charge >= 0.3 is 5.97 Å². The first-order valence-electron chi connectivity index (χ1n) is 7.26. The van der Waals surface area contributed by atoms with Gasteiger partial charge in [0.15, 0.2) is 5.13 Å². The number of carbonyl (C=O) groups excluding carboxylic acids is 1. The predicted octanol–water partition coefficient (Wildman–Crippen LogP) is 3.63. The third kappa shape index (κ3) is 4.47. The van der Waals surface area contributed by atoms with Gasteiger partial charge in [-0.1, -0.05) is 13.8 Å². The van der Waals surface area contributed by atoms with Gasteiger partial charge in [0.25, 0.3) is 0 Å². The summed E-state index contributed by atoms with van der Waals surface area (Å²) in [4.78, 5) is 15.7. The number of nitrogens with zero attached hydrogens (tertiary/aromatic N) is 1. The highest BCUT2D eigenvalue weighted by Gasteiger charge is 2.27. The minimum atomic E-state index is -0.179. The van der Waals surface area contributed by atoms with Crippen LogP contribution in [0.25, 0.3) is 0 Å². The molecule has 0 unspecified atom stereocenters. The van der Waals surface area contributed by atoms with Gasteiger partial charge in [-0.2, -0.15) is 0 Å². The number of anilines is 1. The van der Waals surface area contributed by atoms with Gasteiger partial charge in [0.1, 0.15) is 0 Å². The molecular formula is C15H24N2O2S. The first kappa shape index (κ1) is 15.3. The van der Waals surface area contributed by atoms with Crippen molar-refractivity contribution >= 4 is 22.4 Å². The average molecular weight is 296 g/mol. The zero-order chi connectivity index (χ0) is 14.6. The molecule has 20 heavy (non-hydrogen) atoms. The first-order chi connectivity index (χ1) is 9.48. The van der Waals surface area contributed by atoms with Gasteiger partial charge in [-0.3, -0.25) is 4.79 Å². The highest BCUT2D eigenvalue weighted by atomic mass is 32.1. The van der Waals surface area contributed by atoms with E-state index < -0.39 is 0 Å². The van der Waals surface area contributed by atoms with Crippen LogP contribution >= 0.6 is 11.3 Å². The van der Waals surface area contributed by atoms with Crippen molar-refractivity contribution in [2.24, 2.45) is 5.41 Å². The number of ether oxygens (including phenoxy) is 1. The Bertz CT molecular complexity index is 446. The molecule has 4 nitrogen and oxygen atoms in total. The van der Waals surface area contributed by atoms with Gasteiger partial charge in [0.2, 0.25) is 0 Å². The molecule has 2 rings (SSSR count). The molecule has 1 aliphatic carbocycles. The molecule has 1 fully saturated rings. The van der Waals surface area contributed by atoms with E-state index in [0.717, 1.165) is 10.8 Å². The van der Waals surface area contributed by atoms with E-state index in [-0.39, 0.29) is 5.97 Å². The molecule has 0 aliphatic heterocycles. The highest BCUT2D eigenvalue weighted by Crippen LogP contribution is 2.36. The monoisotopic (exact) mass is 296 g/mol. The Morgan fingerprint density at radius 3 is 2.85 bits per heavy atom. The summed E-state index contributed by atoms with van der Waals surface area (Å²) in [6.07, 6.45) is 6.02. The first-order valence-corrected chi connectivity index (χ1v) is 8.14. The Morgan fingerprint density at radius 1 is 1.50 bits per heavy atom. The van der Waals surface area contributed by atoms with E-state index in [0.29, 0.717) is 24.3 Å². The number of aryl methyl sites for hydroxylation is 1. The fourth-order valence-electron chi connectivity index (χ4n) is 2.54. The smallest absolute Gasteiger partial charge is 0.305 e. The van der Waals surface area contributed by atoms with Crippen LogP contribution in [0.4, 0.5) is 5.13 Å². The number of esters is 1. The van der Waals surface area contributed by atoms with E-state index in [9.17, 15) is 4.79 Å². The van der Waals surface area contributed by atoms with Crippen molar-refractivity contribution in [2.75, 3.05) is 12.4 Å². The molecule has 1 aromatic rings. The van der Waals surface area contributed by atoms with E-state index in [1.165, 1.54) is 32.8 Å². The summed E-state index contributed by atoms with van der Waals surface area (Å²) < 4.78 is 4.64. The van der Waals surface area contributed by atoms with Crippen LogP contribution in [0.2, 0.25) is 0 Å². The zero-order valence-electron chi connectivity index (χ0n) is 12.6. The van der Waals surface area contributed by atoms with Crippen LogP contribution in [0.1, 0.15) is 51.6 Å². The Hall–Kier alpha value is -1.10. The SMILES string of the molecule is COC(=O)CCc1csc(NC2CCC(C)(C)CC2)n1. The Balaban J connectivity index is 1.80. The summed E-state index contributed by atoms with van der Waals surface area (Å²) in [5, 5.41) is 6.54. The number of rotatable bonds is 5. The van der Waals surface area contributed by atoms with Gasteiger partial charge in [-0.25, -0.2) is 4.98 Å². The van der Waals surface area contributed by atoms with Gasteiger partial charge < -0.3 is 10.1 Å². The number of thiazole rings is 1. The summed E-state index contributed by atoms with van der Waals surface area (Å²) in [6.45, 7) is 4.69. The molecule has 1 saturated carbocycles. The molecule has 0 amide bonds. The van der Waals surface area contributed by atoms with Crippen molar-refractivity contribution in [3.05, 3.63) is 11.1 Å². The third-order valence-corrected chi connectivity index (χ3v) is 4.85. The topological polar surface area (TPSA) is 51.2 Å². The van der Waals surface area contributed by atoms with E-state index in [2.05, 4.69) is 28.9 Å². The number of nitrogens with one attached hydrogen (secondary N) is 1. The van der Waals surface area contributed by atoms with Crippen molar-refractivity contribution in [3.8, 4) is 0 Å². The molecule has 112 valence electrons. The minimum absolute atomic E-state index is 0.179. The highest BCUT2D eigenvalue weighted by molar-refractivity contribution is 7.13. The second-order valence-corrected chi connectivity index (χ2v) is 7.16. The fourth-order valence-corrected chi connectivity index (χ4v) is 3.36. The third-order valence-electron chi connectivity index (χ3n) is 4.03. The van der Waals surface area contributed by atoms with Gasteiger partial charge in [0.05, 0.1) is 19.2 Å². The van der Waals surface area contributed by atoms with Crippen molar-refractivity contribution in [1.29, 1.82) is 0 Å². The summed E-state index contributed by atoms with van der Waals surface area (Å²) in [7, 11) is 1.42. The standard InChI is InChI=1S/C15H24N2O2S/c1-15(2)8-6-11(7-9-15)16-14-17-12(10-20-14)4-5-13(18)19-3/h10-11H,4-9H2,1-3H3,(H,16,17). The fraction of sp³-hybridized carbons (Fsp3) is 0.733. The summed E-state index contributed by atoms with van der Waals surface area (Å²) in [5.41, 5.74) is 1.46. The average Bonchev–Trinajstić information content (AvgIpc) is 2.86. The maximum atomic E-state index is 11.1. The number of carbonyl (C=O) groups is 1. The van der Waals surface area contributed by atoms with Crippen LogP contribution in [-0.4, -0.2) is 24.1 Å². The summed E-state index contributed by atoms with van der Waals surface area (Å²) >= 11 is 1.63. The molecule has 1 aliphatic rings. The van der Waals surface area contributed by atoms with E-state index in [1.807, 2.05) is 5.38 Å². The molecule has 1 aromatic heterocycles. The molecule has 0 saturated heterocycles. The second kappa shape index (κ2) is 6.57. The largest absolute Gasteiger partial charge is 0.469 e. The van der Waals surface area contributed by atoms with Crippen molar-refractivity contribution in [1.82, 2.24) is 4.98 Å². The van der Waals surface area contributed by atoms with Gasteiger partial charge in [0, 0.05) is 17.8 Å². The lowest BCUT2D eigenvalue weighted by atomic mass is 9.76. The molecule has 5 heteroatoms. The molecule has 0 radical (unpaired) electrons. The van der Waals surface area contributed by atoms with Crippen LogP contribution < -0.4 is 5.32 Å². The van der Waals surface area contributed by atoms with Crippen molar-refractivity contribution < 1.29 is 9.53 Å². The molecule has 0 bridgehead atoms. The second-order valence-electron chi connectivity index (χ2n) is 6.30. The number of aromatic nitrogens is 1. The molecular weight excluding hydrogens is 272 g/mol. The maximum absolute atomic E-state index is 11.1. The molecule has 1 heterocycles. The number of methoxy groups -OCH3 is 1. The zero-order valence-corrected chi connectivity index (χ0v) is 13.4. The number of hydrogen-bond acceptors (Lipinski definition) is 5. The lowest BCUT2D eigenvalue weighted by Crippen LogP contribution is -2.29. The van der Waals surface area contributed by atoms with Crippen LogP contribution in [0.5, 0.6) is 0 Å². The summed E-state index contributed by atoms with van der Waals surface area (Å²) in [6, 6.07) is 0.544. The predicted molar refractivity (Wildman–Crippen MR) is 82.1 cm³/mol. The van der Waals surface area contributed by atoms with Gasteiger partial charge in [-0.05, 0) is 31.1 Å². The molecule has 0 atom stereocenters. The van der Waals surface area contributed by atoms with Crippen molar-refractivity contribution in [3.63, 3.8) is 0 Å². The minimum Gasteiger partial charge on any atom is -0.469 e. The molecule has 0 spiro atoms. The van der Waals surface area contributed by atoms with Crippen LogP contribution in [0.15, 0.2) is 5.38 Å². The van der Waals surface area contributed by atoms with E-state index in [4.69, 9.17) is 0 Å². The van der Waals surface area contributed by atoms with Gasteiger partial charge in [-0.15, -0.1) is 11.3 Å². The Morgan fingerprint density at radius 2 is 2.20 bits per heavy atom. The maximum Gasteiger partial charge on any atom is 0.305 e. The normalized spacial score (nSPS) is 18.8. The van der Waals surface area contributed by atoms with Crippen LogP contribution in [0.3, 0.4) is 0 Å².